The van der Waals surface area contributed by atoms with E-state index >= 15 is 0 Å². The largest absolute Gasteiger partial charge is 0.459 e. The average molecular weight is 257 g/mol. The molecule has 0 unspecified atom stereocenters. The molecule has 0 aliphatic carbocycles. The van der Waals surface area contributed by atoms with Crippen molar-refractivity contribution in [2.45, 2.75) is 0 Å². The molecule has 0 saturated heterocycles. The highest BCUT2D eigenvalue weighted by Crippen LogP contribution is 2.19. The summed E-state index contributed by atoms with van der Waals surface area (Å²) in [5, 5.41) is 0. The number of rotatable bonds is 0. The Morgan fingerprint density at radius 2 is 2.29 bits per heavy atom. The Morgan fingerprint density at radius 1 is 1.57 bits per heavy atom. The predicted molar refractivity (Wildman–Crippen MR) is 53.0 cm³/mol. The molecule has 0 spiro atoms. The fourth-order valence-corrected chi connectivity index (χ4v) is 1.13. The van der Waals surface area contributed by atoms with Crippen LogP contribution < -0.4 is 0 Å². The molecule has 0 heterocycles. The van der Waals surface area contributed by atoms with Crippen molar-refractivity contribution in [3.8, 4) is 11.8 Å². The van der Waals surface area contributed by atoms with E-state index in [0.717, 1.165) is 0 Å². The second-order valence-electron chi connectivity index (χ2n) is 2.34. The summed E-state index contributed by atoms with van der Waals surface area (Å²) >= 11 is 3.02. The van der Waals surface area contributed by atoms with Crippen molar-refractivity contribution < 1.29 is 13.9 Å². The number of esters is 1. The molecular formula is C10H6BrFO2. The average Bonchev–Trinajstić information content (AvgIpc) is 2.20. The molecule has 0 atom stereocenters. The fraction of sp³-hybridized carbons (Fsp3) is 0.100. The molecule has 0 saturated carbocycles. The molecular weight excluding hydrogens is 251 g/mol. The molecule has 1 aromatic carbocycles. The zero-order chi connectivity index (χ0) is 10.6. The number of benzene rings is 1. The molecule has 0 N–H and O–H groups in total. The van der Waals surface area contributed by atoms with Gasteiger partial charge in [0.05, 0.1) is 11.6 Å². The molecule has 0 amide bonds. The summed E-state index contributed by atoms with van der Waals surface area (Å²) in [6.07, 6.45) is 0. The fourth-order valence-electron chi connectivity index (χ4n) is 0.770. The minimum Gasteiger partial charge on any atom is -0.459 e. The normalized spacial score (nSPS) is 8.79. The van der Waals surface area contributed by atoms with Crippen LogP contribution in [0.25, 0.3) is 0 Å². The molecule has 2 nitrogen and oxygen atoms in total. The van der Waals surface area contributed by atoms with Crippen LogP contribution in [-0.4, -0.2) is 13.1 Å². The van der Waals surface area contributed by atoms with Crippen molar-refractivity contribution in [3.05, 3.63) is 34.1 Å². The molecule has 0 aliphatic heterocycles. The van der Waals surface area contributed by atoms with E-state index < -0.39 is 11.8 Å². The van der Waals surface area contributed by atoms with E-state index in [2.05, 4.69) is 32.5 Å². The summed E-state index contributed by atoms with van der Waals surface area (Å²) in [5.74, 6) is 3.64. The van der Waals surface area contributed by atoms with Crippen molar-refractivity contribution in [2.24, 2.45) is 0 Å². The summed E-state index contributed by atoms with van der Waals surface area (Å²) in [6.45, 7) is 0. The maximum atomic E-state index is 13.0. The van der Waals surface area contributed by atoms with Crippen LogP contribution in [0.5, 0.6) is 0 Å². The molecule has 1 aromatic rings. The van der Waals surface area contributed by atoms with Gasteiger partial charge in [-0.1, -0.05) is 12.0 Å². The summed E-state index contributed by atoms with van der Waals surface area (Å²) < 4.78 is 17.5. The van der Waals surface area contributed by atoms with Gasteiger partial charge in [-0.3, -0.25) is 0 Å². The number of hydrogen-bond donors (Lipinski definition) is 0. The Kier molecular flexibility index (Phi) is 3.66. The predicted octanol–water partition coefficient (Wildman–Crippen LogP) is 2.11. The van der Waals surface area contributed by atoms with E-state index in [0.29, 0.717) is 5.56 Å². The number of halogens is 2. The van der Waals surface area contributed by atoms with Crippen LogP contribution in [0.15, 0.2) is 22.7 Å². The quantitative estimate of drug-likeness (QED) is 0.525. The number of methoxy groups -OCH3 is 1. The number of carbonyl (C=O) groups is 1. The Morgan fingerprint density at radius 3 is 2.93 bits per heavy atom. The highest BCUT2D eigenvalue weighted by Gasteiger charge is 2.02. The molecule has 0 fully saturated rings. The van der Waals surface area contributed by atoms with E-state index in [9.17, 15) is 9.18 Å². The van der Waals surface area contributed by atoms with Gasteiger partial charge in [0.1, 0.15) is 5.82 Å². The first kappa shape index (κ1) is 10.7. The first-order valence-corrected chi connectivity index (χ1v) is 4.48. The van der Waals surface area contributed by atoms with Gasteiger partial charge < -0.3 is 4.74 Å². The van der Waals surface area contributed by atoms with Gasteiger partial charge >= 0.3 is 5.97 Å². The van der Waals surface area contributed by atoms with Gasteiger partial charge in [-0.2, -0.15) is 0 Å². The Hall–Kier alpha value is -1.34. The van der Waals surface area contributed by atoms with Gasteiger partial charge in [-0.05, 0) is 28.1 Å². The maximum Gasteiger partial charge on any atom is 0.384 e. The zero-order valence-electron chi connectivity index (χ0n) is 7.30. The van der Waals surface area contributed by atoms with Gasteiger partial charge in [-0.15, -0.1) is 0 Å². The van der Waals surface area contributed by atoms with E-state index in [1.807, 2.05) is 0 Å². The van der Waals surface area contributed by atoms with Crippen LogP contribution in [0.2, 0.25) is 0 Å². The minimum atomic E-state index is -0.652. The lowest BCUT2D eigenvalue weighted by Crippen LogP contribution is -1.94. The van der Waals surface area contributed by atoms with Crippen LogP contribution in [0.3, 0.4) is 0 Å². The lowest BCUT2D eigenvalue weighted by atomic mass is 10.2. The van der Waals surface area contributed by atoms with Crippen LogP contribution >= 0.6 is 15.9 Å². The zero-order valence-corrected chi connectivity index (χ0v) is 8.89. The van der Waals surface area contributed by atoms with Crippen molar-refractivity contribution >= 4 is 21.9 Å². The molecule has 1 rings (SSSR count). The lowest BCUT2D eigenvalue weighted by Gasteiger charge is -1.95. The van der Waals surface area contributed by atoms with E-state index in [1.165, 1.54) is 19.2 Å². The molecule has 14 heavy (non-hydrogen) atoms. The Balaban J connectivity index is 3.01. The summed E-state index contributed by atoms with van der Waals surface area (Å²) in [4.78, 5) is 10.7. The van der Waals surface area contributed by atoms with Gasteiger partial charge in [-0.25, -0.2) is 9.18 Å². The molecule has 0 aromatic heterocycles. The molecule has 0 radical (unpaired) electrons. The molecule has 4 heteroatoms. The summed E-state index contributed by atoms with van der Waals surface area (Å²) in [5.41, 5.74) is 0.412. The molecule has 72 valence electrons. The van der Waals surface area contributed by atoms with Gasteiger partial charge in [0, 0.05) is 11.5 Å². The van der Waals surface area contributed by atoms with Gasteiger partial charge in [0.25, 0.3) is 0 Å². The van der Waals surface area contributed by atoms with E-state index in [4.69, 9.17) is 0 Å². The topological polar surface area (TPSA) is 26.3 Å². The smallest absolute Gasteiger partial charge is 0.384 e. The maximum absolute atomic E-state index is 13.0. The number of carbonyl (C=O) groups excluding carboxylic acids is 1. The van der Waals surface area contributed by atoms with Gasteiger partial charge in [0.15, 0.2) is 0 Å². The van der Waals surface area contributed by atoms with Crippen molar-refractivity contribution in [1.29, 1.82) is 0 Å². The van der Waals surface area contributed by atoms with Crippen LogP contribution in [-0.2, 0) is 9.53 Å². The monoisotopic (exact) mass is 256 g/mol. The van der Waals surface area contributed by atoms with Crippen LogP contribution in [0, 0.1) is 17.7 Å². The molecule has 0 aliphatic rings. The lowest BCUT2D eigenvalue weighted by molar-refractivity contribution is -0.133. The van der Waals surface area contributed by atoms with Crippen LogP contribution in [0.1, 0.15) is 5.56 Å². The third-order valence-corrected chi connectivity index (χ3v) is 2.24. The van der Waals surface area contributed by atoms with E-state index in [-0.39, 0.29) is 4.47 Å². The highest BCUT2D eigenvalue weighted by atomic mass is 79.9. The van der Waals surface area contributed by atoms with Crippen molar-refractivity contribution in [2.75, 3.05) is 7.11 Å². The van der Waals surface area contributed by atoms with Crippen LogP contribution in [0.4, 0.5) is 4.39 Å². The minimum absolute atomic E-state index is 0.247. The van der Waals surface area contributed by atoms with Gasteiger partial charge in [0.2, 0.25) is 0 Å². The first-order chi connectivity index (χ1) is 6.65. The Labute approximate surface area is 89.2 Å². The van der Waals surface area contributed by atoms with E-state index in [1.54, 1.807) is 6.07 Å². The van der Waals surface area contributed by atoms with Crippen molar-refractivity contribution in [1.82, 2.24) is 0 Å². The number of ether oxygens (including phenoxy) is 1. The summed E-state index contributed by atoms with van der Waals surface area (Å²) in [7, 11) is 1.23. The molecule has 0 bridgehead atoms. The standard InChI is InChI=1S/C10H6BrFO2/c1-14-9(13)6-5-7-3-2-4-8(12)10(7)11/h2-4H,1H3. The highest BCUT2D eigenvalue weighted by molar-refractivity contribution is 9.10. The van der Waals surface area contributed by atoms with Crippen molar-refractivity contribution in [3.63, 3.8) is 0 Å². The first-order valence-electron chi connectivity index (χ1n) is 3.69. The second-order valence-corrected chi connectivity index (χ2v) is 3.14. The Bertz CT molecular complexity index is 418. The third-order valence-electron chi connectivity index (χ3n) is 1.44. The second kappa shape index (κ2) is 4.77. The number of hydrogen-bond acceptors (Lipinski definition) is 2. The SMILES string of the molecule is COC(=O)C#Cc1cccc(F)c1Br. The summed E-state index contributed by atoms with van der Waals surface area (Å²) in [6, 6.07) is 4.41. The third kappa shape index (κ3) is 2.57.